The van der Waals surface area contributed by atoms with Crippen LogP contribution in [0.4, 0.5) is 19.0 Å². The number of hydrogen-bond donors (Lipinski definition) is 4. The highest BCUT2D eigenvalue weighted by Gasteiger charge is 2.31. The first kappa shape index (κ1) is 19.6. The van der Waals surface area contributed by atoms with Crippen LogP contribution in [0.25, 0.3) is 0 Å². The highest BCUT2D eigenvalue weighted by Crippen LogP contribution is 2.31. The van der Waals surface area contributed by atoms with E-state index in [0.717, 1.165) is 12.1 Å². The van der Waals surface area contributed by atoms with Crippen LogP contribution in [0.3, 0.4) is 0 Å². The molecule has 1 atom stereocenters. The number of anilines is 1. The van der Waals surface area contributed by atoms with Crippen LogP contribution >= 0.6 is 0 Å². The molecule has 0 amide bonds. The van der Waals surface area contributed by atoms with E-state index in [1.165, 1.54) is 26.0 Å². The van der Waals surface area contributed by atoms with E-state index in [0.29, 0.717) is 5.82 Å². The molecule has 0 saturated carbocycles. The van der Waals surface area contributed by atoms with Crippen molar-refractivity contribution in [1.29, 1.82) is 5.41 Å². The first-order chi connectivity index (χ1) is 11.9. The molecule has 26 heavy (non-hydrogen) atoms. The number of benzene rings is 1. The summed E-state index contributed by atoms with van der Waals surface area (Å²) in [5.74, 6) is 0.461. The van der Waals surface area contributed by atoms with E-state index >= 15 is 0 Å². The third-order valence-corrected chi connectivity index (χ3v) is 3.85. The molecule has 0 fully saturated rings. The van der Waals surface area contributed by atoms with Gasteiger partial charge < -0.3 is 20.8 Å². The predicted octanol–water partition coefficient (Wildman–Crippen LogP) is 2.80. The summed E-state index contributed by atoms with van der Waals surface area (Å²) in [6.07, 6.45) is -4.45. The van der Waals surface area contributed by atoms with Crippen molar-refractivity contribution in [3.05, 3.63) is 57.1 Å². The molecule has 0 spiro atoms. The Morgan fingerprint density at radius 3 is 2.31 bits per heavy atom. The zero-order chi connectivity index (χ0) is 19.7. The molecule has 1 heterocycles. The van der Waals surface area contributed by atoms with Gasteiger partial charge in [0.1, 0.15) is 22.8 Å². The molecule has 9 heteroatoms. The first-order valence-corrected chi connectivity index (χ1v) is 7.72. The minimum absolute atomic E-state index is 0.00424. The van der Waals surface area contributed by atoms with Gasteiger partial charge in [-0.15, -0.1) is 0 Å². The SMILES string of the molecule is CC(=N)c1c(NCC(C)(O)c2ccc(C(F)(F)F)cc2)nc(C)[nH]c1=O. The normalized spacial score (nSPS) is 14.0. The Labute approximate surface area is 147 Å². The molecule has 0 aliphatic rings. The van der Waals surface area contributed by atoms with E-state index in [-0.39, 0.29) is 29.2 Å². The lowest BCUT2D eigenvalue weighted by molar-refractivity contribution is -0.137. The van der Waals surface area contributed by atoms with Crippen LogP contribution < -0.4 is 10.9 Å². The van der Waals surface area contributed by atoms with Gasteiger partial charge in [0.15, 0.2) is 0 Å². The smallest absolute Gasteiger partial charge is 0.384 e. The average molecular weight is 368 g/mol. The lowest BCUT2D eigenvalue weighted by atomic mass is 9.95. The maximum atomic E-state index is 12.6. The summed E-state index contributed by atoms with van der Waals surface area (Å²) in [6.45, 7) is 4.32. The van der Waals surface area contributed by atoms with Crippen LogP contribution in [-0.4, -0.2) is 27.3 Å². The van der Waals surface area contributed by atoms with Crippen molar-refractivity contribution >= 4 is 11.5 Å². The fourth-order valence-electron chi connectivity index (χ4n) is 2.44. The van der Waals surface area contributed by atoms with Gasteiger partial charge >= 0.3 is 6.18 Å². The molecule has 6 nitrogen and oxygen atoms in total. The second kappa shape index (κ2) is 6.91. The van der Waals surface area contributed by atoms with Gasteiger partial charge in [0.05, 0.1) is 5.56 Å². The average Bonchev–Trinajstić information content (AvgIpc) is 2.51. The second-order valence-electron chi connectivity index (χ2n) is 6.20. The van der Waals surface area contributed by atoms with Crippen molar-refractivity contribution in [1.82, 2.24) is 9.97 Å². The number of nitrogens with zero attached hydrogens (tertiary/aromatic N) is 1. The molecule has 0 saturated heterocycles. The summed E-state index contributed by atoms with van der Waals surface area (Å²) >= 11 is 0. The molecular weight excluding hydrogens is 349 g/mol. The number of alkyl halides is 3. The van der Waals surface area contributed by atoms with E-state index in [2.05, 4.69) is 15.3 Å². The Morgan fingerprint density at radius 1 is 1.27 bits per heavy atom. The largest absolute Gasteiger partial charge is 0.416 e. The van der Waals surface area contributed by atoms with Crippen molar-refractivity contribution in [3.8, 4) is 0 Å². The Bertz CT molecular complexity index is 871. The third-order valence-electron chi connectivity index (χ3n) is 3.85. The summed E-state index contributed by atoms with van der Waals surface area (Å²) < 4.78 is 37.9. The molecule has 1 unspecified atom stereocenters. The van der Waals surface area contributed by atoms with Crippen molar-refractivity contribution < 1.29 is 18.3 Å². The highest BCUT2D eigenvalue weighted by atomic mass is 19.4. The molecule has 2 aromatic rings. The molecule has 4 N–H and O–H groups in total. The summed E-state index contributed by atoms with van der Waals surface area (Å²) in [7, 11) is 0. The maximum Gasteiger partial charge on any atom is 0.416 e. The number of halogens is 3. The molecule has 0 bridgehead atoms. The van der Waals surface area contributed by atoms with Crippen molar-refractivity contribution in [3.63, 3.8) is 0 Å². The van der Waals surface area contributed by atoms with E-state index < -0.39 is 22.9 Å². The fraction of sp³-hybridized carbons (Fsp3) is 0.353. The molecule has 140 valence electrons. The van der Waals surface area contributed by atoms with Crippen LogP contribution in [0.2, 0.25) is 0 Å². The van der Waals surface area contributed by atoms with Crippen LogP contribution in [0, 0.1) is 12.3 Å². The lowest BCUT2D eigenvalue weighted by Crippen LogP contribution is -2.32. The summed E-state index contributed by atoms with van der Waals surface area (Å²) in [5.41, 5.74) is -2.50. The maximum absolute atomic E-state index is 12.6. The van der Waals surface area contributed by atoms with Gasteiger partial charge in [0, 0.05) is 12.3 Å². The number of nitrogens with one attached hydrogen (secondary N) is 3. The number of aromatic nitrogens is 2. The highest BCUT2D eigenvalue weighted by molar-refractivity contribution is 6.00. The van der Waals surface area contributed by atoms with E-state index in [4.69, 9.17) is 5.41 Å². The molecular formula is C17H19F3N4O2. The van der Waals surface area contributed by atoms with Crippen LogP contribution in [0.1, 0.15) is 36.4 Å². The van der Waals surface area contributed by atoms with Crippen LogP contribution in [0.5, 0.6) is 0 Å². The minimum atomic E-state index is -4.45. The number of hydrogen-bond acceptors (Lipinski definition) is 5. The minimum Gasteiger partial charge on any atom is -0.384 e. The van der Waals surface area contributed by atoms with Crippen molar-refractivity contribution in [2.45, 2.75) is 32.5 Å². The fourth-order valence-corrected chi connectivity index (χ4v) is 2.44. The Kier molecular flexibility index (Phi) is 5.22. The second-order valence-corrected chi connectivity index (χ2v) is 6.20. The van der Waals surface area contributed by atoms with Crippen LogP contribution in [0.15, 0.2) is 29.1 Å². The van der Waals surface area contributed by atoms with Gasteiger partial charge in [-0.3, -0.25) is 4.79 Å². The van der Waals surface area contributed by atoms with E-state index in [1.807, 2.05) is 0 Å². The lowest BCUT2D eigenvalue weighted by Gasteiger charge is -2.25. The molecule has 1 aromatic carbocycles. The summed E-state index contributed by atoms with van der Waals surface area (Å²) in [4.78, 5) is 18.6. The topological polar surface area (TPSA) is 102 Å². The van der Waals surface area contributed by atoms with Gasteiger partial charge in [-0.05, 0) is 38.5 Å². The summed E-state index contributed by atoms with van der Waals surface area (Å²) in [5, 5.41) is 21.1. The van der Waals surface area contributed by atoms with Gasteiger partial charge in [-0.1, -0.05) is 12.1 Å². The summed E-state index contributed by atoms with van der Waals surface area (Å²) in [6, 6.07) is 4.19. The Hall–Kier alpha value is -2.68. The number of H-pyrrole nitrogens is 1. The molecule has 0 aliphatic heterocycles. The Morgan fingerprint density at radius 2 is 1.81 bits per heavy atom. The van der Waals surface area contributed by atoms with E-state index in [9.17, 15) is 23.1 Å². The molecule has 1 aromatic heterocycles. The molecule has 0 aliphatic carbocycles. The molecule has 0 radical (unpaired) electrons. The standard InChI is InChI=1S/C17H19F3N4O2/c1-9(21)13-14(23-10(2)24-15(13)25)22-8-16(3,26)11-4-6-12(7-5-11)17(18,19)20/h4-7,21,26H,8H2,1-3H3,(H2,22,23,24,25). The Balaban J connectivity index is 2.26. The third kappa shape index (κ3) is 4.29. The number of aryl methyl sites for hydroxylation is 1. The molecule has 2 rings (SSSR count). The van der Waals surface area contributed by atoms with Crippen LogP contribution in [-0.2, 0) is 11.8 Å². The quantitative estimate of drug-likeness (QED) is 0.610. The number of aliphatic hydroxyl groups is 1. The van der Waals surface area contributed by atoms with E-state index in [1.54, 1.807) is 6.92 Å². The first-order valence-electron chi connectivity index (χ1n) is 7.72. The van der Waals surface area contributed by atoms with Gasteiger partial charge in [-0.2, -0.15) is 13.2 Å². The zero-order valence-electron chi connectivity index (χ0n) is 14.5. The van der Waals surface area contributed by atoms with Crippen molar-refractivity contribution in [2.24, 2.45) is 0 Å². The van der Waals surface area contributed by atoms with Crippen molar-refractivity contribution in [2.75, 3.05) is 11.9 Å². The van der Waals surface area contributed by atoms with Gasteiger partial charge in [0.25, 0.3) is 5.56 Å². The monoisotopic (exact) mass is 368 g/mol. The van der Waals surface area contributed by atoms with Gasteiger partial charge in [0.2, 0.25) is 0 Å². The predicted molar refractivity (Wildman–Crippen MR) is 91.6 cm³/mol. The van der Waals surface area contributed by atoms with Gasteiger partial charge in [-0.25, -0.2) is 4.98 Å². The number of rotatable bonds is 5. The number of aromatic amines is 1. The zero-order valence-corrected chi connectivity index (χ0v) is 14.5.